The Morgan fingerprint density at radius 3 is 2.95 bits per heavy atom. The summed E-state index contributed by atoms with van der Waals surface area (Å²) in [6.07, 6.45) is 2.07. The highest BCUT2D eigenvalue weighted by Crippen LogP contribution is 2.16. The Labute approximate surface area is 133 Å². The van der Waals surface area contributed by atoms with Crippen LogP contribution in [0.15, 0.2) is 23.2 Å². The molecule has 0 aromatic heterocycles. The largest absolute Gasteiger partial charge is 0.381 e. The molecule has 2 rings (SSSR count). The highest BCUT2D eigenvalue weighted by molar-refractivity contribution is 14.0. The number of halogens is 3. The summed E-state index contributed by atoms with van der Waals surface area (Å²) < 4.78 is 31.7. The standard InChI is InChI=1S/C13H17F2N3O.HI/c14-10-3-4-11(15)12(6-10)18-13(16)17-7-9-2-1-5-19-8-9;/h3-4,6,9H,1-2,5,7-8H2,(H3,16,17,18);1H. The number of nitrogens with zero attached hydrogens (tertiary/aromatic N) is 1. The molecule has 1 saturated heterocycles. The molecule has 7 heteroatoms. The summed E-state index contributed by atoms with van der Waals surface area (Å²) in [6, 6.07) is 3.13. The summed E-state index contributed by atoms with van der Waals surface area (Å²) in [5.74, 6) is -0.681. The van der Waals surface area contributed by atoms with Gasteiger partial charge < -0.3 is 15.8 Å². The number of rotatable bonds is 3. The fourth-order valence-corrected chi connectivity index (χ4v) is 1.95. The molecule has 0 saturated carbocycles. The predicted octanol–water partition coefficient (Wildman–Crippen LogP) is 2.74. The quantitative estimate of drug-likeness (QED) is 0.469. The Morgan fingerprint density at radius 2 is 2.25 bits per heavy atom. The molecule has 3 N–H and O–H groups in total. The maximum Gasteiger partial charge on any atom is 0.193 e. The van der Waals surface area contributed by atoms with Gasteiger partial charge in [0, 0.05) is 25.1 Å². The van der Waals surface area contributed by atoms with Gasteiger partial charge in [-0.15, -0.1) is 24.0 Å². The summed E-state index contributed by atoms with van der Waals surface area (Å²) >= 11 is 0. The van der Waals surface area contributed by atoms with Gasteiger partial charge in [0.25, 0.3) is 0 Å². The summed E-state index contributed by atoms with van der Waals surface area (Å²) in [5, 5.41) is 2.56. The molecule has 20 heavy (non-hydrogen) atoms. The van der Waals surface area contributed by atoms with Crippen molar-refractivity contribution in [2.24, 2.45) is 16.6 Å². The first-order valence-electron chi connectivity index (χ1n) is 6.25. The number of nitrogens with two attached hydrogens (primary N) is 1. The fraction of sp³-hybridized carbons (Fsp3) is 0.462. The van der Waals surface area contributed by atoms with Crippen molar-refractivity contribution in [2.75, 3.05) is 25.1 Å². The molecule has 1 aliphatic heterocycles. The molecule has 1 aromatic carbocycles. The van der Waals surface area contributed by atoms with Gasteiger partial charge in [-0.2, -0.15) is 0 Å². The zero-order chi connectivity index (χ0) is 13.7. The van der Waals surface area contributed by atoms with Crippen molar-refractivity contribution < 1.29 is 13.5 Å². The molecular weight excluding hydrogens is 379 g/mol. The first kappa shape index (κ1) is 17.1. The molecule has 1 aliphatic rings. The molecule has 1 aromatic rings. The van der Waals surface area contributed by atoms with Crippen LogP contribution >= 0.6 is 24.0 Å². The Balaban J connectivity index is 0.00000200. The van der Waals surface area contributed by atoms with Crippen molar-refractivity contribution >= 4 is 35.6 Å². The van der Waals surface area contributed by atoms with Crippen LogP contribution in [0.25, 0.3) is 0 Å². The van der Waals surface area contributed by atoms with Crippen LogP contribution in [0.1, 0.15) is 12.8 Å². The average Bonchev–Trinajstić information content (AvgIpc) is 2.42. The molecule has 1 heterocycles. The van der Waals surface area contributed by atoms with Crippen molar-refractivity contribution in [2.45, 2.75) is 12.8 Å². The van der Waals surface area contributed by atoms with E-state index in [1.54, 1.807) is 0 Å². The lowest BCUT2D eigenvalue weighted by atomic mass is 10.0. The van der Waals surface area contributed by atoms with E-state index in [0.29, 0.717) is 19.1 Å². The monoisotopic (exact) mass is 397 g/mol. The van der Waals surface area contributed by atoms with E-state index < -0.39 is 11.6 Å². The van der Waals surface area contributed by atoms with E-state index in [2.05, 4.69) is 10.3 Å². The molecule has 0 aliphatic carbocycles. The molecule has 1 atom stereocenters. The van der Waals surface area contributed by atoms with Gasteiger partial charge in [0.15, 0.2) is 5.96 Å². The third-order valence-electron chi connectivity index (χ3n) is 2.97. The van der Waals surface area contributed by atoms with E-state index in [4.69, 9.17) is 10.5 Å². The first-order chi connectivity index (χ1) is 9.15. The van der Waals surface area contributed by atoms with Crippen LogP contribution in [-0.4, -0.2) is 25.7 Å². The van der Waals surface area contributed by atoms with E-state index in [9.17, 15) is 8.78 Å². The van der Waals surface area contributed by atoms with Crippen LogP contribution < -0.4 is 11.1 Å². The number of ether oxygens (including phenoxy) is 1. The van der Waals surface area contributed by atoms with Gasteiger partial charge >= 0.3 is 0 Å². The molecular formula is C13H18F2IN3O. The average molecular weight is 397 g/mol. The number of aliphatic imine (C=N–C) groups is 1. The molecule has 0 bridgehead atoms. The number of benzene rings is 1. The smallest absolute Gasteiger partial charge is 0.193 e. The molecule has 1 unspecified atom stereocenters. The predicted molar refractivity (Wildman–Crippen MR) is 85.4 cm³/mol. The molecule has 112 valence electrons. The van der Waals surface area contributed by atoms with Crippen molar-refractivity contribution in [3.05, 3.63) is 29.8 Å². The van der Waals surface area contributed by atoms with E-state index in [-0.39, 0.29) is 35.6 Å². The normalized spacial score (nSPS) is 19.3. The second kappa shape index (κ2) is 8.35. The van der Waals surface area contributed by atoms with Crippen LogP contribution in [-0.2, 0) is 4.74 Å². The van der Waals surface area contributed by atoms with Gasteiger partial charge in [0.05, 0.1) is 12.3 Å². The zero-order valence-electron chi connectivity index (χ0n) is 10.9. The minimum atomic E-state index is -0.569. The molecule has 0 radical (unpaired) electrons. The fourth-order valence-electron chi connectivity index (χ4n) is 1.95. The van der Waals surface area contributed by atoms with E-state index in [1.807, 2.05) is 0 Å². The van der Waals surface area contributed by atoms with E-state index in [1.165, 1.54) is 0 Å². The topological polar surface area (TPSA) is 59.6 Å². The maximum absolute atomic E-state index is 13.4. The van der Waals surface area contributed by atoms with Gasteiger partial charge in [-0.1, -0.05) is 0 Å². The second-order valence-electron chi connectivity index (χ2n) is 4.56. The molecule has 0 amide bonds. The van der Waals surface area contributed by atoms with E-state index in [0.717, 1.165) is 37.6 Å². The Kier molecular flexibility index (Phi) is 7.14. The number of anilines is 1. The van der Waals surface area contributed by atoms with E-state index >= 15 is 0 Å². The summed E-state index contributed by atoms with van der Waals surface area (Å²) in [4.78, 5) is 4.13. The number of nitrogens with one attached hydrogen (secondary N) is 1. The number of guanidine groups is 1. The van der Waals surface area contributed by atoms with Crippen LogP contribution in [0.3, 0.4) is 0 Å². The van der Waals surface area contributed by atoms with Crippen LogP contribution in [0.4, 0.5) is 14.5 Å². The second-order valence-corrected chi connectivity index (χ2v) is 4.56. The van der Waals surface area contributed by atoms with Crippen LogP contribution in [0.2, 0.25) is 0 Å². The SMILES string of the molecule is I.NC(=NCC1CCCOC1)Nc1cc(F)ccc1F. The molecule has 0 spiro atoms. The van der Waals surface area contributed by atoms with Crippen molar-refractivity contribution in [1.29, 1.82) is 0 Å². The summed E-state index contributed by atoms with van der Waals surface area (Å²) in [7, 11) is 0. The Morgan fingerprint density at radius 1 is 1.45 bits per heavy atom. The van der Waals surface area contributed by atoms with Crippen molar-refractivity contribution in [1.82, 2.24) is 0 Å². The first-order valence-corrected chi connectivity index (χ1v) is 6.25. The molecule has 4 nitrogen and oxygen atoms in total. The Bertz CT molecular complexity index is 465. The zero-order valence-corrected chi connectivity index (χ0v) is 13.3. The lowest BCUT2D eigenvalue weighted by Crippen LogP contribution is -2.26. The van der Waals surface area contributed by atoms with Crippen molar-refractivity contribution in [3.63, 3.8) is 0 Å². The maximum atomic E-state index is 13.4. The summed E-state index contributed by atoms with van der Waals surface area (Å²) in [5.41, 5.74) is 5.64. The van der Waals surface area contributed by atoms with Gasteiger partial charge in [-0.3, -0.25) is 4.99 Å². The van der Waals surface area contributed by atoms with Crippen LogP contribution in [0.5, 0.6) is 0 Å². The lowest BCUT2D eigenvalue weighted by Gasteiger charge is -2.20. The third-order valence-corrected chi connectivity index (χ3v) is 2.97. The number of hydrogen-bond acceptors (Lipinski definition) is 2. The van der Waals surface area contributed by atoms with Gasteiger partial charge in [-0.25, -0.2) is 8.78 Å². The van der Waals surface area contributed by atoms with Gasteiger partial charge in [-0.05, 0) is 25.0 Å². The highest BCUT2D eigenvalue weighted by atomic mass is 127. The highest BCUT2D eigenvalue weighted by Gasteiger charge is 2.13. The lowest BCUT2D eigenvalue weighted by molar-refractivity contribution is 0.0582. The van der Waals surface area contributed by atoms with Gasteiger partial charge in [0.1, 0.15) is 11.6 Å². The Hall–Kier alpha value is -0.960. The number of hydrogen-bond donors (Lipinski definition) is 2. The van der Waals surface area contributed by atoms with Crippen molar-refractivity contribution in [3.8, 4) is 0 Å². The summed E-state index contributed by atoms with van der Waals surface area (Å²) in [6.45, 7) is 1.99. The van der Waals surface area contributed by atoms with Gasteiger partial charge in [0.2, 0.25) is 0 Å². The minimum absolute atomic E-state index is 0. The third kappa shape index (κ3) is 5.20. The van der Waals surface area contributed by atoms with Crippen LogP contribution in [0, 0.1) is 17.6 Å². The molecule has 1 fully saturated rings. The minimum Gasteiger partial charge on any atom is -0.381 e.